The molecular formula is C21H17N3O. The predicted octanol–water partition coefficient (Wildman–Crippen LogP) is 4.41. The molecule has 0 spiro atoms. The number of hydrogen-bond donors (Lipinski definition) is 1. The summed E-state index contributed by atoms with van der Waals surface area (Å²) in [7, 11) is 0. The van der Waals surface area contributed by atoms with Crippen molar-refractivity contribution in [3.05, 3.63) is 96.1 Å². The standard InChI is InChI=1S/C21H17N3O/c22-16-23-21(25-20-9-5-2-6-10-20)24-19-13-11-18(12-14-19)15-17-7-3-1-4-8-17/h1-14H,15H2,(H,23,24). The van der Waals surface area contributed by atoms with Gasteiger partial charge in [-0.25, -0.2) is 5.32 Å². The Bertz CT molecular complexity index is 867. The van der Waals surface area contributed by atoms with Gasteiger partial charge in [0.15, 0.2) is 6.19 Å². The van der Waals surface area contributed by atoms with Crippen molar-refractivity contribution in [2.45, 2.75) is 6.42 Å². The number of benzene rings is 3. The fourth-order valence-corrected chi connectivity index (χ4v) is 2.36. The van der Waals surface area contributed by atoms with E-state index in [1.54, 1.807) is 12.1 Å². The van der Waals surface area contributed by atoms with Crippen molar-refractivity contribution < 1.29 is 4.74 Å². The van der Waals surface area contributed by atoms with Crippen LogP contribution in [0.5, 0.6) is 5.75 Å². The smallest absolute Gasteiger partial charge is 0.309 e. The number of nitrogens with one attached hydrogen (secondary N) is 1. The molecule has 0 fully saturated rings. The fraction of sp³-hybridized carbons (Fsp3) is 0.0476. The maximum absolute atomic E-state index is 8.88. The molecule has 0 aliphatic heterocycles. The molecule has 0 unspecified atom stereocenters. The van der Waals surface area contributed by atoms with Crippen molar-refractivity contribution in [1.82, 2.24) is 5.32 Å². The highest BCUT2D eigenvalue weighted by Gasteiger charge is 2.03. The quantitative estimate of drug-likeness (QED) is 0.334. The minimum atomic E-state index is 0.143. The topological polar surface area (TPSA) is 57.4 Å². The Morgan fingerprint density at radius 1 is 0.840 bits per heavy atom. The number of para-hydroxylation sites is 1. The Morgan fingerprint density at radius 2 is 1.44 bits per heavy atom. The molecule has 0 saturated carbocycles. The van der Waals surface area contributed by atoms with Crippen LogP contribution < -0.4 is 10.1 Å². The number of hydrogen-bond acceptors (Lipinski definition) is 3. The number of nitrogens with zero attached hydrogens (tertiary/aromatic N) is 2. The molecule has 3 rings (SSSR count). The van der Waals surface area contributed by atoms with E-state index < -0.39 is 0 Å². The summed E-state index contributed by atoms with van der Waals surface area (Å²) in [6, 6.07) is 27.5. The van der Waals surface area contributed by atoms with Crippen molar-refractivity contribution >= 4 is 11.7 Å². The predicted molar refractivity (Wildman–Crippen MR) is 98.6 cm³/mol. The second-order valence-corrected chi connectivity index (χ2v) is 5.40. The van der Waals surface area contributed by atoms with Crippen LogP contribution >= 0.6 is 0 Å². The molecule has 0 aliphatic carbocycles. The van der Waals surface area contributed by atoms with E-state index in [0.717, 1.165) is 6.42 Å². The van der Waals surface area contributed by atoms with E-state index in [0.29, 0.717) is 11.4 Å². The average Bonchev–Trinajstić information content (AvgIpc) is 2.65. The van der Waals surface area contributed by atoms with E-state index in [4.69, 9.17) is 10.00 Å². The summed E-state index contributed by atoms with van der Waals surface area (Å²) in [6.07, 6.45) is 2.72. The Labute approximate surface area is 147 Å². The van der Waals surface area contributed by atoms with Crippen LogP contribution in [0.25, 0.3) is 0 Å². The molecule has 0 heterocycles. The van der Waals surface area contributed by atoms with E-state index in [1.165, 1.54) is 11.1 Å². The lowest BCUT2D eigenvalue weighted by Crippen LogP contribution is -2.23. The van der Waals surface area contributed by atoms with E-state index in [-0.39, 0.29) is 6.02 Å². The third kappa shape index (κ3) is 4.95. The number of nitriles is 1. The minimum absolute atomic E-state index is 0.143. The molecular weight excluding hydrogens is 310 g/mol. The number of aliphatic imine (C=N–C) groups is 1. The van der Waals surface area contributed by atoms with E-state index in [2.05, 4.69) is 22.4 Å². The first kappa shape index (κ1) is 16.3. The van der Waals surface area contributed by atoms with Gasteiger partial charge in [-0.2, -0.15) is 10.3 Å². The first-order chi connectivity index (χ1) is 12.3. The Balaban J connectivity index is 1.73. The lowest BCUT2D eigenvalue weighted by Gasteiger charge is -2.07. The molecule has 0 amide bonds. The monoisotopic (exact) mass is 327 g/mol. The molecule has 0 aromatic heterocycles. The summed E-state index contributed by atoms with van der Waals surface area (Å²) in [5, 5.41) is 11.3. The summed E-state index contributed by atoms with van der Waals surface area (Å²) < 4.78 is 5.60. The van der Waals surface area contributed by atoms with Gasteiger partial charge in [0.2, 0.25) is 0 Å². The zero-order chi connectivity index (χ0) is 17.3. The molecule has 4 nitrogen and oxygen atoms in total. The van der Waals surface area contributed by atoms with Gasteiger partial charge in [-0.15, -0.1) is 0 Å². The van der Waals surface area contributed by atoms with Crippen molar-refractivity contribution in [1.29, 1.82) is 5.26 Å². The van der Waals surface area contributed by atoms with Crippen LogP contribution in [0.3, 0.4) is 0 Å². The second-order valence-electron chi connectivity index (χ2n) is 5.40. The van der Waals surface area contributed by atoms with Crippen LogP contribution in [-0.4, -0.2) is 6.02 Å². The van der Waals surface area contributed by atoms with Crippen molar-refractivity contribution in [3.8, 4) is 11.9 Å². The first-order valence-corrected chi connectivity index (χ1v) is 7.93. The Hall–Kier alpha value is -3.58. The minimum Gasteiger partial charge on any atom is -0.425 e. The lowest BCUT2D eigenvalue weighted by molar-refractivity contribution is 0.531. The first-order valence-electron chi connectivity index (χ1n) is 7.93. The molecule has 122 valence electrons. The molecule has 1 N–H and O–H groups in total. The van der Waals surface area contributed by atoms with Crippen LogP contribution in [0.15, 0.2) is 89.9 Å². The normalized spacial score (nSPS) is 10.8. The number of ether oxygens (including phenoxy) is 1. The lowest BCUT2D eigenvalue weighted by atomic mass is 10.1. The summed E-state index contributed by atoms with van der Waals surface area (Å²) in [6.45, 7) is 0. The average molecular weight is 327 g/mol. The summed E-state index contributed by atoms with van der Waals surface area (Å²) in [5.74, 6) is 0.615. The van der Waals surface area contributed by atoms with Gasteiger partial charge in [0, 0.05) is 0 Å². The highest BCUT2D eigenvalue weighted by molar-refractivity contribution is 5.80. The molecule has 0 radical (unpaired) electrons. The molecule has 0 saturated heterocycles. The maximum atomic E-state index is 8.88. The highest BCUT2D eigenvalue weighted by Crippen LogP contribution is 2.17. The van der Waals surface area contributed by atoms with Gasteiger partial charge in [-0.3, -0.25) is 0 Å². The summed E-state index contributed by atoms with van der Waals surface area (Å²) in [4.78, 5) is 4.35. The molecule has 3 aromatic rings. The van der Waals surface area contributed by atoms with E-state index in [1.807, 2.05) is 66.9 Å². The van der Waals surface area contributed by atoms with Gasteiger partial charge in [0.1, 0.15) is 5.75 Å². The highest BCUT2D eigenvalue weighted by atomic mass is 16.5. The van der Waals surface area contributed by atoms with Crippen LogP contribution in [-0.2, 0) is 6.42 Å². The molecule has 0 aliphatic rings. The van der Waals surface area contributed by atoms with Gasteiger partial charge in [-0.05, 0) is 41.8 Å². The molecule has 3 aromatic carbocycles. The van der Waals surface area contributed by atoms with Gasteiger partial charge >= 0.3 is 6.02 Å². The van der Waals surface area contributed by atoms with Crippen molar-refractivity contribution in [3.63, 3.8) is 0 Å². The molecule has 25 heavy (non-hydrogen) atoms. The SMILES string of the molecule is N#CNC(=Nc1ccc(Cc2ccccc2)cc1)Oc1ccccc1. The van der Waals surface area contributed by atoms with Crippen LogP contribution in [0.4, 0.5) is 5.69 Å². The third-order valence-corrected chi connectivity index (χ3v) is 3.54. The number of amidine groups is 1. The van der Waals surface area contributed by atoms with Crippen LogP contribution in [0, 0.1) is 11.5 Å². The van der Waals surface area contributed by atoms with Gasteiger partial charge in [0.25, 0.3) is 0 Å². The van der Waals surface area contributed by atoms with Crippen molar-refractivity contribution in [2.24, 2.45) is 4.99 Å². The largest absolute Gasteiger partial charge is 0.425 e. The molecule has 0 bridgehead atoms. The fourth-order valence-electron chi connectivity index (χ4n) is 2.36. The van der Waals surface area contributed by atoms with E-state index >= 15 is 0 Å². The number of rotatable bonds is 4. The maximum Gasteiger partial charge on any atom is 0.309 e. The third-order valence-electron chi connectivity index (χ3n) is 3.54. The van der Waals surface area contributed by atoms with Gasteiger partial charge in [-0.1, -0.05) is 60.7 Å². The Kier molecular flexibility index (Phi) is 5.42. The van der Waals surface area contributed by atoms with Gasteiger partial charge in [0.05, 0.1) is 5.69 Å². The summed E-state index contributed by atoms with van der Waals surface area (Å²) >= 11 is 0. The van der Waals surface area contributed by atoms with Crippen LogP contribution in [0.1, 0.15) is 11.1 Å². The molecule has 0 atom stereocenters. The van der Waals surface area contributed by atoms with E-state index in [9.17, 15) is 0 Å². The zero-order valence-electron chi connectivity index (χ0n) is 13.6. The van der Waals surface area contributed by atoms with Gasteiger partial charge < -0.3 is 4.74 Å². The zero-order valence-corrected chi connectivity index (χ0v) is 13.6. The van der Waals surface area contributed by atoms with Crippen molar-refractivity contribution in [2.75, 3.05) is 0 Å². The van der Waals surface area contributed by atoms with Crippen LogP contribution in [0.2, 0.25) is 0 Å². The molecule has 4 heteroatoms. The summed E-state index contributed by atoms with van der Waals surface area (Å²) in [5.41, 5.74) is 3.17. The second kappa shape index (κ2) is 8.32. The Morgan fingerprint density at radius 3 is 2.08 bits per heavy atom.